The molecule has 0 aliphatic heterocycles. The van der Waals surface area contributed by atoms with Gasteiger partial charge in [-0.15, -0.1) is 15.0 Å². The van der Waals surface area contributed by atoms with Crippen molar-refractivity contribution in [3.63, 3.8) is 0 Å². The van der Waals surface area contributed by atoms with E-state index in [2.05, 4.69) is 15.2 Å². The Hall–Kier alpha value is -3.60. The topological polar surface area (TPSA) is 121 Å². The number of hydrogen-bond donors (Lipinski definition) is 2. The van der Waals surface area contributed by atoms with Gasteiger partial charge in [0.05, 0.1) is 6.54 Å². The van der Waals surface area contributed by atoms with E-state index in [1.807, 2.05) is 57.2 Å². The zero-order valence-electron chi connectivity index (χ0n) is 15.9. The van der Waals surface area contributed by atoms with E-state index in [0.29, 0.717) is 18.7 Å². The van der Waals surface area contributed by atoms with Gasteiger partial charge >= 0.3 is 0 Å². The standard InChI is InChI=1S/C19H20N4O2.CHNO/c1-19(2,3)14-10-13(8-9-20-12-24)11-17(18(14)25)23-21-15-6-4-5-7-16(15)22-23;2-1-3/h4-7,10-11,25H,8-9H2,1-3H3;2H. The van der Waals surface area contributed by atoms with E-state index in [1.165, 1.54) is 4.80 Å². The predicted molar refractivity (Wildman–Crippen MR) is 104 cm³/mol. The lowest BCUT2D eigenvalue weighted by Gasteiger charge is -2.23. The van der Waals surface area contributed by atoms with E-state index in [0.717, 1.165) is 28.2 Å². The Morgan fingerprint density at radius 1 is 1.14 bits per heavy atom. The predicted octanol–water partition coefficient (Wildman–Crippen LogP) is 3.20. The van der Waals surface area contributed by atoms with Crippen LogP contribution >= 0.6 is 0 Å². The summed E-state index contributed by atoms with van der Waals surface area (Å²) in [7, 11) is 0. The molecule has 0 aliphatic carbocycles. The van der Waals surface area contributed by atoms with Crippen LogP contribution in [-0.2, 0) is 21.4 Å². The fourth-order valence-corrected chi connectivity index (χ4v) is 2.74. The summed E-state index contributed by atoms with van der Waals surface area (Å²) < 4.78 is 0. The number of isocyanates is 2. The first-order valence-electron chi connectivity index (χ1n) is 8.58. The molecule has 0 spiro atoms. The molecule has 8 nitrogen and oxygen atoms in total. The van der Waals surface area contributed by atoms with Gasteiger partial charge in [0, 0.05) is 5.56 Å². The molecule has 0 amide bonds. The second-order valence-electron chi connectivity index (χ2n) is 7.06. The summed E-state index contributed by atoms with van der Waals surface area (Å²) in [5.41, 5.74) is 3.54. The highest BCUT2D eigenvalue weighted by Crippen LogP contribution is 2.36. The molecule has 2 aromatic carbocycles. The second kappa shape index (κ2) is 8.86. The summed E-state index contributed by atoms with van der Waals surface area (Å²) in [4.78, 5) is 23.7. The Labute approximate surface area is 162 Å². The van der Waals surface area contributed by atoms with E-state index >= 15 is 0 Å². The third-order valence-corrected chi connectivity index (χ3v) is 4.04. The molecular weight excluding hydrogens is 358 g/mol. The van der Waals surface area contributed by atoms with Crippen LogP contribution in [0, 0.1) is 5.41 Å². The number of hydrogen-bond acceptors (Lipinski definition) is 7. The number of nitrogens with zero attached hydrogens (tertiary/aromatic N) is 4. The van der Waals surface area contributed by atoms with Gasteiger partial charge in [0.15, 0.2) is 0 Å². The summed E-state index contributed by atoms with van der Waals surface area (Å²) in [6, 6.07) is 11.3. The van der Waals surface area contributed by atoms with Gasteiger partial charge < -0.3 is 5.11 Å². The van der Waals surface area contributed by atoms with Crippen molar-refractivity contribution in [2.75, 3.05) is 6.54 Å². The van der Waals surface area contributed by atoms with Crippen molar-refractivity contribution in [1.29, 1.82) is 5.41 Å². The number of phenols is 1. The van der Waals surface area contributed by atoms with Crippen molar-refractivity contribution in [3.8, 4) is 11.4 Å². The molecular formula is C20H21N5O3. The van der Waals surface area contributed by atoms with Gasteiger partial charge in [-0.25, -0.2) is 20.0 Å². The molecule has 0 aliphatic rings. The first-order chi connectivity index (χ1) is 13.3. The maximum atomic E-state index is 10.8. The zero-order chi connectivity index (χ0) is 20.7. The number of aliphatic imine (C=N–C) groups is 1. The lowest BCUT2D eigenvalue weighted by Crippen LogP contribution is -2.14. The van der Waals surface area contributed by atoms with E-state index in [-0.39, 0.29) is 11.2 Å². The van der Waals surface area contributed by atoms with Gasteiger partial charge in [-0.2, -0.15) is 0 Å². The highest BCUT2D eigenvalue weighted by molar-refractivity contribution is 5.73. The Bertz CT molecular complexity index is 1020. The van der Waals surface area contributed by atoms with Crippen LogP contribution in [0.1, 0.15) is 31.9 Å². The molecule has 0 bridgehead atoms. The van der Waals surface area contributed by atoms with Gasteiger partial charge in [0.2, 0.25) is 12.2 Å². The van der Waals surface area contributed by atoms with Crippen LogP contribution in [0.5, 0.6) is 5.75 Å². The number of fused-ring (bicyclic) bond motifs is 1. The van der Waals surface area contributed by atoms with Crippen molar-refractivity contribution in [2.24, 2.45) is 4.99 Å². The number of carbonyl (C=O) groups excluding carboxylic acids is 2. The van der Waals surface area contributed by atoms with E-state index < -0.39 is 0 Å². The maximum absolute atomic E-state index is 10.8. The van der Waals surface area contributed by atoms with Gasteiger partial charge in [0.25, 0.3) is 0 Å². The largest absolute Gasteiger partial charge is 0.505 e. The molecule has 1 aromatic heterocycles. The smallest absolute Gasteiger partial charge is 0.234 e. The molecule has 3 rings (SSSR count). The summed E-state index contributed by atoms with van der Waals surface area (Å²) in [6.45, 7) is 6.45. The molecule has 0 fully saturated rings. The number of nitrogens with one attached hydrogen (secondary N) is 1. The molecule has 144 valence electrons. The fraction of sp³-hybridized carbons (Fsp3) is 0.300. The SMILES string of the molecule is CC(C)(C)c1cc(CCN=C=O)cc(-n2nc3ccccc3n2)c1O.N=C=O. The average Bonchev–Trinajstić information content (AvgIpc) is 3.06. The Morgan fingerprint density at radius 2 is 1.71 bits per heavy atom. The molecule has 1 heterocycles. The maximum Gasteiger partial charge on any atom is 0.234 e. The molecule has 0 unspecified atom stereocenters. The van der Waals surface area contributed by atoms with Crippen LogP contribution in [0.2, 0.25) is 0 Å². The Morgan fingerprint density at radius 3 is 2.21 bits per heavy atom. The van der Waals surface area contributed by atoms with E-state index in [1.54, 1.807) is 6.08 Å². The molecule has 0 saturated heterocycles. The van der Waals surface area contributed by atoms with Gasteiger partial charge in [-0.1, -0.05) is 39.0 Å². The van der Waals surface area contributed by atoms with Gasteiger partial charge in [-0.3, -0.25) is 0 Å². The molecule has 8 heteroatoms. The number of aromatic hydroxyl groups is 1. The minimum Gasteiger partial charge on any atom is -0.505 e. The summed E-state index contributed by atoms with van der Waals surface area (Å²) in [5, 5.41) is 25.1. The minimum absolute atomic E-state index is 0.162. The zero-order valence-corrected chi connectivity index (χ0v) is 15.9. The molecule has 0 radical (unpaired) electrons. The van der Waals surface area contributed by atoms with Crippen LogP contribution in [0.4, 0.5) is 0 Å². The third kappa shape index (κ3) is 4.76. The van der Waals surface area contributed by atoms with Crippen LogP contribution in [0.25, 0.3) is 16.7 Å². The first kappa shape index (κ1) is 20.7. The van der Waals surface area contributed by atoms with E-state index in [9.17, 15) is 9.90 Å². The third-order valence-electron chi connectivity index (χ3n) is 4.04. The number of phenolic OH excluding ortho intramolecular Hbond substituents is 1. The van der Waals surface area contributed by atoms with E-state index in [4.69, 9.17) is 10.2 Å². The van der Waals surface area contributed by atoms with Crippen molar-refractivity contribution >= 4 is 23.2 Å². The van der Waals surface area contributed by atoms with Crippen LogP contribution in [0.15, 0.2) is 41.4 Å². The lowest BCUT2D eigenvalue weighted by molar-refractivity contribution is 0.440. The summed E-state index contributed by atoms with van der Waals surface area (Å²) in [5.74, 6) is 0.162. The van der Waals surface area contributed by atoms with Crippen LogP contribution < -0.4 is 0 Å². The van der Waals surface area contributed by atoms with Crippen molar-refractivity contribution in [1.82, 2.24) is 15.0 Å². The summed E-state index contributed by atoms with van der Waals surface area (Å²) in [6.07, 6.45) is 2.88. The molecule has 0 saturated carbocycles. The minimum atomic E-state index is -0.255. The lowest BCUT2D eigenvalue weighted by atomic mass is 9.84. The van der Waals surface area contributed by atoms with Crippen LogP contribution in [-0.4, -0.2) is 38.8 Å². The molecule has 28 heavy (non-hydrogen) atoms. The molecule has 3 aromatic rings. The number of aromatic nitrogens is 3. The second-order valence-corrected chi connectivity index (χ2v) is 7.06. The van der Waals surface area contributed by atoms with Gasteiger partial charge in [0.1, 0.15) is 22.5 Å². The summed E-state index contributed by atoms with van der Waals surface area (Å²) >= 11 is 0. The fourth-order valence-electron chi connectivity index (χ4n) is 2.74. The number of rotatable bonds is 4. The monoisotopic (exact) mass is 379 g/mol. The molecule has 2 N–H and O–H groups in total. The van der Waals surface area contributed by atoms with Crippen LogP contribution in [0.3, 0.4) is 0 Å². The Balaban J connectivity index is 0.000000878. The van der Waals surface area contributed by atoms with Crippen molar-refractivity contribution < 1.29 is 14.7 Å². The van der Waals surface area contributed by atoms with Gasteiger partial charge in [-0.05, 0) is 35.6 Å². The highest BCUT2D eigenvalue weighted by Gasteiger charge is 2.23. The quantitative estimate of drug-likeness (QED) is 0.532. The number of benzene rings is 2. The normalized spacial score (nSPS) is 10.5. The molecule has 0 atom stereocenters. The first-order valence-corrected chi connectivity index (χ1v) is 8.58. The average molecular weight is 379 g/mol. The van der Waals surface area contributed by atoms with Crippen molar-refractivity contribution in [3.05, 3.63) is 47.5 Å². The highest BCUT2D eigenvalue weighted by atomic mass is 16.3. The van der Waals surface area contributed by atoms with Crippen molar-refractivity contribution in [2.45, 2.75) is 32.6 Å². The Kier molecular flexibility index (Phi) is 6.55.